The molecule has 100 valence electrons. The highest BCUT2D eigenvalue weighted by molar-refractivity contribution is 5.83. The Bertz CT molecular complexity index is 241. The maximum absolute atomic E-state index is 11.5. The Morgan fingerprint density at radius 2 is 1.94 bits per heavy atom. The van der Waals surface area contributed by atoms with Crippen molar-refractivity contribution < 1.29 is 19.4 Å². The number of carbonyl (C=O) groups excluding carboxylic acids is 1. The molecule has 0 aromatic rings. The van der Waals surface area contributed by atoms with Crippen LogP contribution in [0.4, 0.5) is 0 Å². The summed E-state index contributed by atoms with van der Waals surface area (Å²) in [6.45, 7) is 4.49. The largest absolute Gasteiger partial charge is 0.480 e. The molecule has 2 N–H and O–H groups in total. The number of carboxylic acids is 1. The molecule has 0 aliphatic carbocycles. The zero-order chi connectivity index (χ0) is 13.3. The van der Waals surface area contributed by atoms with Gasteiger partial charge in [-0.1, -0.05) is 13.8 Å². The van der Waals surface area contributed by atoms with Gasteiger partial charge in [-0.3, -0.25) is 4.79 Å². The van der Waals surface area contributed by atoms with Gasteiger partial charge in [0, 0.05) is 20.1 Å². The molecule has 0 aromatic heterocycles. The second kappa shape index (κ2) is 8.98. The molecule has 0 aromatic carbocycles. The summed E-state index contributed by atoms with van der Waals surface area (Å²) >= 11 is 0. The molecule has 0 radical (unpaired) electrons. The molecule has 0 spiro atoms. The Morgan fingerprint density at radius 3 is 2.41 bits per heavy atom. The molecule has 0 saturated heterocycles. The van der Waals surface area contributed by atoms with Crippen LogP contribution < -0.4 is 5.32 Å². The first-order valence-electron chi connectivity index (χ1n) is 5.98. The van der Waals surface area contributed by atoms with Crippen LogP contribution >= 0.6 is 0 Å². The highest BCUT2D eigenvalue weighted by Crippen LogP contribution is 2.06. The fraction of sp³-hybridized carbons (Fsp3) is 0.833. The van der Waals surface area contributed by atoms with Gasteiger partial charge in [0.2, 0.25) is 5.91 Å². The Hall–Kier alpha value is -1.10. The fourth-order valence-corrected chi connectivity index (χ4v) is 1.49. The first-order valence-corrected chi connectivity index (χ1v) is 5.98. The van der Waals surface area contributed by atoms with Crippen molar-refractivity contribution in [2.24, 2.45) is 5.92 Å². The molecule has 0 fully saturated rings. The van der Waals surface area contributed by atoms with E-state index in [1.807, 2.05) is 13.8 Å². The lowest BCUT2D eigenvalue weighted by Crippen LogP contribution is -2.41. The standard InChI is InChI=1S/C12H23NO4/c1-9(2)8-10(12(15)16)13-11(14)6-4-5-7-17-3/h9-10H,4-8H2,1-3H3,(H,13,14)(H,15,16)/t10-/m1/s1. The summed E-state index contributed by atoms with van der Waals surface area (Å²) in [5.74, 6) is -0.928. The summed E-state index contributed by atoms with van der Waals surface area (Å²) < 4.78 is 4.87. The molecule has 1 amide bonds. The average molecular weight is 245 g/mol. The van der Waals surface area contributed by atoms with Gasteiger partial charge >= 0.3 is 5.97 Å². The van der Waals surface area contributed by atoms with Gasteiger partial charge in [-0.05, 0) is 25.2 Å². The molecule has 0 bridgehead atoms. The van der Waals surface area contributed by atoms with Crippen molar-refractivity contribution in [3.05, 3.63) is 0 Å². The van der Waals surface area contributed by atoms with Crippen LogP contribution in [0.25, 0.3) is 0 Å². The van der Waals surface area contributed by atoms with Crippen molar-refractivity contribution in [1.82, 2.24) is 5.32 Å². The Balaban J connectivity index is 3.91. The van der Waals surface area contributed by atoms with Gasteiger partial charge in [0.05, 0.1) is 0 Å². The van der Waals surface area contributed by atoms with Crippen LogP contribution in [0, 0.1) is 5.92 Å². The van der Waals surface area contributed by atoms with Gasteiger partial charge in [0.1, 0.15) is 6.04 Å². The summed E-state index contributed by atoms with van der Waals surface area (Å²) in [6.07, 6.45) is 2.34. The number of ether oxygens (including phenoxy) is 1. The predicted molar refractivity (Wildman–Crippen MR) is 64.7 cm³/mol. The molecule has 0 rings (SSSR count). The second-order valence-electron chi connectivity index (χ2n) is 4.54. The minimum atomic E-state index is -0.969. The molecule has 0 aliphatic heterocycles. The summed E-state index contributed by atoms with van der Waals surface area (Å²) in [6, 6.07) is -0.773. The zero-order valence-corrected chi connectivity index (χ0v) is 10.9. The average Bonchev–Trinajstić information content (AvgIpc) is 2.22. The van der Waals surface area contributed by atoms with Crippen molar-refractivity contribution >= 4 is 11.9 Å². The molecule has 0 heterocycles. The molecule has 5 heteroatoms. The number of unbranched alkanes of at least 4 members (excludes halogenated alkanes) is 1. The normalized spacial score (nSPS) is 12.5. The van der Waals surface area contributed by atoms with E-state index in [4.69, 9.17) is 9.84 Å². The molecular formula is C12H23NO4. The first kappa shape index (κ1) is 15.9. The number of amides is 1. The molecule has 1 atom stereocenters. The van der Waals surface area contributed by atoms with Gasteiger partial charge in [-0.15, -0.1) is 0 Å². The van der Waals surface area contributed by atoms with E-state index < -0.39 is 12.0 Å². The zero-order valence-electron chi connectivity index (χ0n) is 10.9. The van der Waals surface area contributed by atoms with Crippen LogP contribution in [0.1, 0.15) is 39.5 Å². The maximum Gasteiger partial charge on any atom is 0.326 e. The Labute approximate surface area is 103 Å². The van der Waals surface area contributed by atoms with Crippen LogP contribution in [0.2, 0.25) is 0 Å². The minimum Gasteiger partial charge on any atom is -0.480 e. The number of aliphatic carboxylic acids is 1. The van der Waals surface area contributed by atoms with Crippen molar-refractivity contribution in [3.63, 3.8) is 0 Å². The fourth-order valence-electron chi connectivity index (χ4n) is 1.49. The van der Waals surface area contributed by atoms with Crippen LogP contribution in [-0.2, 0) is 14.3 Å². The van der Waals surface area contributed by atoms with Gasteiger partial charge in [-0.2, -0.15) is 0 Å². The van der Waals surface area contributed by atoms with Gasteiger partial charge in [-0.25, -0.2) is 4.79 Å². The van der Waals surface area contributed by atoms with Gasteiger partial charge < -0.3 is 15.2 Å². The molecule has 17 heavy (non-hydrogen) atoms. The van der Waals surface area contributed by atoms with E-state index in [0.717, 1.165) is 6.42 Å². The van der Waals surface area contributed by atoms with Crippen molar-refractivity contribution in [3.8, 4) is 0 Å². The predicted octanol–water partition coefficient (Wildman–Crippen LogP) is 1.42. The van der Waals surface area contributed by atoms with E-state index >= 15 is 0 Å². The number of hydrogen-bond acceptors (Lipinski definition) is 3. The number of carboxylic acid groups (broad SMARTS) is 1. The van der Waals surface area contributed by atoms with E-state index in [9.17, 15) is 9.59 Å². The van der Waals surface area contributed by atoms with E-state index in [1.165, 1.54) is 0 Å². The number of hydrogen-bond donors (Lipinski definition) is 2. The molecule has 0 saturated carbocycles. The molecule has 5 nitrogen and oxygen atoms in total. The quantitative estimate of drug-likeness (QED) is 0.602. The summed E-state index contributed by atoms with van der Waals surface area (Å²) in [7, 11) is 1.61. The van der Waals surface area contributed by atoms with Crippen LogP contribution in [-0.4, -0.2) is 36.7 Å². The van der Waals surface area contributed by atoms with E-state index in [1.54, 1.807) is 7.11 Å². The molecular weight excluding hydrogens is 222 g/mol. The lowest BCUT2D eigenvalue weighted by molar-refractivity contribution is -0.142. The maximum atomic E-state index is 11.5. The van der Waals surface area contributed by atoms with E-state index in [-0.39, 0.29) is 11.8 Å². The summed E-state index contributed by atoms with van der Waals surface area (Å²) in [5.41, 5.74) is 0. The summed E-state index contributed by atoms with van der Waals surface area (Å²) in [5, 5.41) is 11.5. The van der Waals surface area contributed by atoms with Crippen LogP contribution in [0.3, 0.4) is 0 Å². The highest BCUT2D eigenvalue weighted by Gasteiger charge is 2.20. The third-order valence-electron chi connectivity index (χ3n) is 2.34. The highest BCUT2D eigenvalue weighted by atomic mass is 16.5. The molecule has 0 unspecified atom stereocenters. The Morgan fingerprint density at radius 1 is 1.29 bits per heavy atom. The van der Waals surface area contributed by atoms with Crippen molar-refractivity contribution in [2.75, 3.05) is 13.7 Å². The van der Waals surface area contributed by atoms with Gasteiger partial charge in [0.25, 0.3) is 0 Å². The van der Waals surface area contributed by atoms with Crippen molar-refractivity contribution in [1.29, 1.82) is 0 Å². The molecule has 0 aliphatic rings. The number of rotatable bonds is 9. The number of nitrogens with one attached hydrogen (secondary N) is 1. The number of carbonyl (C=O) groups is 2. The lowest BCUT2D eigenvalue weighted by Gasteiger charge is -2.16. The van der Waals surface area contributed by atoms with Crippen LogP contribution in [0.5, 0.6) is 0 Å². The lowest BCUT2D eigenvalue weighted by atomic mass is 10.0. The minimum absolute atomic E-state index is 0.200. The monoisotopic (exact) mass is 245 g/mol. The first-order chi connectivity index (χ1) is 7.97. The van der Waals surface area contributed by atoms with Crippen molar-refractivity contribution in [2.45, 2.75) is 45.6 Å². The van der Waals surface area contributed by atoms with Gasteiger partial charge in [0.15, 0.2) is 0 Å². The third-order valence-corrected chi connectivity index (χ3v) is 2.34. The number of methoxy groups -OCH3 is 1. The van der Waals surface area contributed by atoms with E-state index in [2.05, 4.69) is 5.32 Å². The Kier molecular flexibility index (Phi) is 8.40. The van der Waals surface area contributed by atoms with Crippen LogP contribution in [0.15, 0.2) is 0 Å². The topological polar surface area (TPSA) is 75.6 Å². The smallest absolute Gasteiger partial charge is 0.326 e. The SMILES string of the molecule is COCCCCC(=O)N[C@H](CC(C)C)C(=O)O. The third kappa shape index (κ3) is 8.68. The summed E-state index contributed by atoms with van der Waals surface area (Å²) in [4.78, 5) is 22.4. The van der Waals surface area contributed by atoms with E-state index in [0.29, 0.717) is 25.9 Å². The second-order valence-corrected chi connectivity index (χ2v) is 4.54.